The van der Waals surface area contributed by atoms with Crippen molar-refractivity contribution < 1.29 is 9.90 Å². The standard InChI is InChI=1S/C28H30N2O2/c1-21-8-11-23(12-9-21)25-7-5-6-22(20-25)10-17-27(31)29-26-15-13-24(14-16-26)28(32)30-18-3-2-4-19-30/h5-17,20,28,32H,2-4,18-19H2,1H3,(H,29,31)/b17-10+/t28-/m0/s1. The third-order valence-corrected chi connectivity index (χ3v) is 5.91. The molecule has 1 saturated heterocycles. The summed E-state index contributed by atoms with van der Waals surface area (Å²) in [6, 6.07) is 24.0. The third kappa shape index (κ3) is 5.72. The van der Waals surface area contributed by atoms with E-state index >= 15 is 0 Å². The minimum atomic E-state index is -0.583. The molecular weight excluding hydrogens is 396 g/mol. The Bertz CT molecular complexity index is 1070. The van der Waals surface area contributed by atoms with Crippen molar-refractivity contribution >= 4 is 17.7 Å². The molecule has 1 heterocycles. The molecule has 1 amide bonds. The lowest BCUT2D eigenvalue weighted by Crippen LogP contribution is -2.33. The molecule has 32 heavy (non-hydrogen) atoms. The van der Waals surface area contributed by atoms with E-state index in [1.165, 1.54) is 12.0 Å². The number of hydrogen-bond acceptors (Lipinski definition) is 3. The van der Waals surface area contributed by atoms with Crippen molar-refractivity contribution in [3.63, 3.8) is 0 Å². The van der Waals surface area contributed by atoms with Crippen molar-refractivity contribution in [1.82, 2.24) is 4.90 Å². The molecule has 164 valence electrons. The molecule has 2 N–H and O–H groups in total. The summed E-state index contributed by atoms with van der Waals surface area (Å²) in [5, 5.41) is 13.5. The van der Waals surface area contributed by atoms with Crippen LogP contribution in [0.2, 0.25) is 0 Å². The summed E-state index contributed by atoms with van der Waals surface area (Å²) in [6.07, 6.45) is 6.28. The molecule has 0 radical (unpaired) electrons. The summed E-state index contributed by atoms with van der Waals surface area (Å²) >= 11 is 0. The molecule has 1 aliphatic heterocycles. The van der Waals surface area contributed by atoms with Crippen molar-refractivity contribution in [3.05, 3.63) is 95.6 Å². The maximum absolute atomic E-state index is 12.4. The molecular formula is C28H30N2O2. The van der Waals surface area contributed by atoms with Gasteiger partial charge >= 0.3 is 0 Å². The number of piperidine rings is 1. The first-order valence-electron chi connectivity index (χ1n) is 11.3. The molecule has 1 aliphatic rings. The molecule has 0 saturated carbocycles. The van der Waals surface area contributed by atoms with Gasteiger partial charge in [-0.3, -0.25) is 9.69 Å². The Morgan fingerprint density at radius 2 is 1.66 bits per heavy atom. The van der Waals surface area contributed by atoms with Crippen molar-refractivity contribution in [2.45, 2.75) is 32.4 Å². The van der Waals surface area contributed by atoms with Crippen LogP contribution in [0.3, 0.4) is 0 Å². The van der Waals surface area contributed by atoms with E-state index in [9.17, 15) is 9.90 Å². The highest BCUT2D eigenvalue weighted by molar-refractivity contribution is 6.02. The van der Waals surface area contributed by atoms with Crippen LogP contribution >= 0.6 is 0 Å². The SMILES string of the molecule is Cc1ccc(-c2cccc(/C=C/C(=O)Nc3ccc([C@H](O)N4CCCCC4)cc3)c2)cc1. The Balaban J connectivity index is 1.36. The average Bonchev–Trinajstić information content (AvgIpc) is 2.84. The molecule has 4 rings (SSSR count). The fourth-order valence-electron chi connectivity index (χ4n) is 4.04. The number of aliphatic hydroxyl groups is 1. The molecule has 0 spiro atoms. The number of likely N-dealkylation sites (tertiary alicyclic amines) is 1. The summed E-state index contributed by atoms with van der Waals surface area (Å²) in [4.78, 5) is 14.5. The maximum Gasteiger partial charge on any atom is 0.248 e. The molecule has 0 aromatic heterocycles. The summed E-state index contributed by atoms with van der Waals surface area (Å²) in [5.74, 6) is -0.185. The quantitative estimate of drug-likeness (QED) is 0.491. The summed E-state index contributed by atoms with van der Waals surface area (Å²) in [5.41, 5.74) is 6.04. The van der Waals surface area contributed by atoms with Crippen LogP contribution in [0.4, 0.5) is 5.69 Å². The van der Waals surface area contributed by atoms with Crippen LogP contribution in [0.25, 0.3) is 17.2 Å². The van der Waals surface area contributed by atoms with Gasteiger partial charge in [0.15, 0.2) is 0 Å². The van der Waals surface area contributed by atoms with E-state index in [0.29, 0.717) is 5.69 Å². The molecule has 4 nitrogen and oxygen atoms in total. The number of benzene rings is 3. The van der Waals surface area contributed by atoms with E-state index in [1.54, 1.807) is 6.08 Å². The number of aliphatic hydroxyl groups excluding tert-OH is 1. The Kier molecular flexibility index (Phi) is 7.15. The zero-order chi connectivity index (χ0) is 22.3. The largest absolute Gasteiger partial charge is 0.374 e. The van der Waals surface area contributed by atoms with Crippen LogP contribution in [0.5, 0.6) is 0 Å². The van der Waals surface area contributed by atoms with Gasteiger partial charge in [-0.15, -0.1) is 0 Å². The lowest BCUT2D eigenvalue weighted by Gasteiger charge is -2.31. The normalized spacial score (nSPS) is 15.6. The number of amides is 1. The zero-order valence-electron chi connectivity index (χ0n) is 18.5. The molecule has 3 aromatic carbocycles. The van der Waals surface area contributed by atoms with Crippen LogP contribution in [0, 0.1) is 6.92 Å². The first kappa shape index (κ1) is 22.0. The summed E-state index contributed by atoms with van der Waals surface area (Å²) in [7, 11) is 0. The molecule has 1 atom stereocenters. The molecule has 0 unspecified atom stereocenters. The monoisotopic (exact) mass is 426 g/mol. The second-order valence-corrected chi connectivity index (χ2v) is 8.41. The van der Waals surface area contributed by atoms with Gasteiger partial charge in [0.05, 0.1) is 0 Å². The fraction of sp³-hybridized carbons (Fsp3) is 0.250. The van der Waals surface area contributed by atoms with E-state index in [2.05, 4.69) is 53.5 Å². The number of carbonyl (C=O) groups is 1. The Hall–Kier alpha value is -3.21. The number of hydrogen-bond donors (Lipinski definition) is 2. The van der Waals surface area contributed by atoms with Gasteiger partial charge in [0.25, 0.3) is 0 Å². The van der Waals surface area contributed by atoms with Crippen LogP contribution in [-0.2, 0) is 4.79 Å². The van der Waals surface area contributed by atoms with Gasteiger partial charge in [-0.1, -0.05) is 66.6 Å². The first-order chi connectivity index (χ1) is 15.6. The Labute approximate surface area is 190 Å². The molecule has 3 aromatic rings. The number of rotatable bonds is 6. The molecule has 0 bridgehead atoms. The maximum atomic E-state index is 12.4. The van der Waals surface area contributed by atoms with Gasteiger partial charge in [0.2, 0.25) is 5.91 Å². The highest BCUT2D eigenvalue weighted by Crippen LogP contribution is 2.24. The Morgan fingerprint density at radius 3 is 2.38 bits per heavy atom. The molecule has 4 heteroatoms. The second kappa shape index (κ2) is 10.4. The van der Waals surface area contributed by atoms with Crippen molar-refractivity contribution in [1.29, 1.82) is 0 Å². The smallest absolute Gasteiger partial charge is 0.248 e. The Morgan fingerprint density at radius 1 is 0.938 bits per heavy atom. The second-order valence-electron chi connectivity index (χ2n) is 8.41. The van der Waals surface area contributed by atoms with Gasteiger partial charge in [-0.2, -0.15) is 0 Å². The predicted octanol–water partition coefficient (Wildman–Crippen LogP) is 5.79. The van der Waals surface area contributed by atoms with Crippen LogP contribution in [0.1, 0.15) is 42.2 Å². The fourth-order valence-corrected chi connectivity index (χ4v) is 4.04. The molecule has 1 fully saturated rings. The van der Waals surface area contributed by atoms with Crippen LogP contribution in [-0.4, -0.2) is 29.0 Å². The van der Waals surface area contributed by atoms with Crippen molar-refractivity contribution in [3.8, 4) is 11.1 Å². The lowest BCUT2D eigenvalue weighted by atomic mass is 10.0. The van der Waals surface area contributed by atoms with E-state index in [-0.39, 0.29) is 5.91 Å². The number of nitrogens with zero attached hydrogens (tertiary/aromatic N) is 1. The van der Waals surface area contributed by atoms with Crippen molar-refractivity contribution in [2.75, 3.05) is 18.4 Å². The summed E-state index contributed by atoms with van der Waals surface area (Å²) in [6.45, 7) is 3.93. The van der Waals surface area contributed by atoms with Gasteiger partial charge in [0.1, 0.15) is 6.23 Å². The van der Waals surface area contributed by atoms with E-state index in [1.807, 2.05) is 42.5 Å². The minimum absolute atomic E-state index is 0.185. The number of anilines is 1. The lowest BCUT2D eigenvalue weighted by molar-refractivity contribution is -0.111. The highest BCUT2D eigenvalue weighted by Gasteiger charge is 2.19. The van der Waals surface area contributed by atoms with E-state index < -0.39 is 6.23 Å². The number of carbonyl (C=O) groups excluding carboxylic acids is 1. The summed E-state index contributed by atoms with van der Waals surface area (Å²) < 4.78 is 0. The minimum Gasteiger partial charge on any atom is -0.374 e. The van der Waals surface area contributed by atoms with Crippen LogP contribution in [0.15, 0.2) is 78.9 Å². The average molecular weight is 427 g/mol. The van der Waals surface area contributed by atoms with Gasteiger partial charge in [-0.05, 0) is 66.3 Å². The zero-order valence-corrected chi connectivity index (χ0v) is 18.5. The van der Waals surface area contributed by atoms with Crippen LogP contribution < -0.4 is 5.32 Å². The van der Waals surface area contributed by atoms with Crippen molar-refractivity contribution in [2.24, 2.45) is 0 Å². The van der Waals surface area contributed by atoms with E-state index in [4.69, 9.17) is 0 Å². The topological polar surface area (TPSA) is 52.6 Å². The number of nitrogens with one attached hydrogen (secondary N) is 1. The van der Waals surface area contributed by atoms with Gasteiger partial charge in [0, 0.05) is 24.9 Å². The number of aryl methyl sites for hydroxylation is 1. The third-order valence-electron chi connectivity index (χ3n) is 5.91. The first-order valence-corrected chi connectivity index (χ1v) is 11.3. The highest BCUT2D eigenvalue weighted by atomic mass is 16.3. The predicted molar refractivity (Wildman–Crippen MR) is 131 cm³/mol. The van der Waals surface area contributed by atoms with E-state index in [0.717, 1.165) is 48.2 Å². The molecule has 0 aliphatic carbocycles. The van der Waals surface area contributed by atoms with Gasteiger partial charge in [-0.25, -0.2) is 0 Å². The van der Waals surface area contributed by atoms with Gasteiger partial charge < -0.3 is 10.4 Å².